The van der Waals surface area contributed by atoms with Crippen LogP contribution in [0.1, 0.15) is 27.0 Å². The van der Waals surface area contributed by atoms with Crippen molar-refractivity contribution in [3.8, 4) is 0 Å². The normalized spacial score (nSPS) is 21.2. The van der Waals surface area contributed by atoms with Crippen molar-refractivity contribution in [3.63, 3.8) is 0 Å². The maximum atomic E-state index is 12.6. The van der Waals surface area contributed by atoms with Crippen molar-refractivity contribution < 1.29 is 9.53 Å². The lowest BCUT2D eigenvalue weighted by Gasteiger charge is -2.12. The summed E-state index contributed by atoms with van der Waals surface area (Å²) in [5, 5.41) is 0. The summed E-state index contributed by atoms with van der Waals surface area (Å²) in [6.45, 7) is 4.50. The van der Waals surface area contributed by atoms with Crippen LogP contribution < -0.4 is 0 Å². The Balaban J connectivity index is 1.97. The quantitative estimate of drug-likeness (QED) is 0.619. The predicted octanol–water partition coefficient (Wildman–Crippen LogP) is 3.41. The molecule has 1 saturated heterocycles. The van der Waals surface area contributed by atoms with E-state index in [4.69, 9.17) is 4.74 Å². The van der Waals surface area contributed by atoms with Gasteiger partial charge in [-0.1, -0.05) is 53.6 Å². The molecule has 0 N–H and O–H groups in total. The third-order valence-corrected chi connectivity index (χ3v) is 3.60. The maximum Gasteiger partial charge on any atom is 0.201 e. The number of Topliss-reactive ketones (excluding diaryl/α,β-unsaturated/α-hetero) is 1. The number of carbonyl (C=O) groups is 1. The molecule has 0 aliphatic carbocycles. The molecule has 1 aliphatic rings. The molecule has 0 bridgehead atoms. The molecule has 3 rings (SSSR count). The fourth-order valence-electron chi connectivity index (χ4n) is 2.34. The zero-order chi connectivity index (χ0) is 13.5. The van der Waals surface area contributed by atoms with E-state index in [1.54, 1.807) is 0 Å². The summed E-state index contributed by atoms with van der Waals surface area (Å²) in [6, 6.07) is 15.7. The number of benzene rings is 2. The Morgan fingerprint density at radius 1 is 1.05 bits per heavy atom. The molecule has 2 heteroatoms. The smallest absolute Gasteiger partial charge is 0.201 e. The molecule has 0 amide bonds. The van der Waals surface area contributed by atoms with Crippen LogP contribution in [0.2, 0.25) is 0 Å². The van der Waals surface area contributed by atoms with Crippen LogP contribution in [0.4, 0.5) is 0 Å². The highest BCUT2D eigenvalue weighted by atomic mass is 16.6. The molecule has 1 fully saturated rings. The standard InChI is InChI=1S/C17H16O2/c1-12-6-8-15(9-7-12)17(11-19-17)16(18)14-5-3-4-13(2)10-14/h3-10H,11H2,1-2H3. The van der Waals surface area contributed by atoms with Crippen LogP contribution in [0, 0.1) is 13.8 Å². The van der Waals surface area contributed by atoms with Crippen molar-refractivity contribution in [1.29, 1.82) is 0 Å². The fourth-order valence-corrected chi connectivity index (χ4v) is 2.34. The largest absolute Gasteiger partial charge is 0.356 e. The van der Waals surface area contributed by atoms with Crippen LogP contribution in [-0.2, 0) is 10.3 Å². The average molecular weight is 252 g/mol. The first-order chi connectivity index (χ1) is 9.12. The summed E-state index contributed by atoms with van der Waals surface area (Å²) >= 11 is 0. The van der Waals surface area contributed by atoms with Gasteiger partial charge in [-0.05, 0) is 25.5 Å². The molecule has 96 valence electrons. The summed E-state index contributed by atoms with van der Waals surface area (Å²) in [5.74, 6) is 0.0556. The highest BCUT2D eigenvalue weighted by Crippen LogP contribution is 2.41. The molecule has 2 aromatic rings. The molecule has 0 aromatic heterocycles. The van der Waals surface area contributed by atoms with Gasteiger partial charge in [0.1, 0.15) is 0 Å². The number of ether oxygens (including phenoxy) is 1. The lowest BCUT2D eigenvalue weighted by molar-refractivity contribution is 0.0871. The van der Waals surface area contributed by atoms with Gasteiger partial charge in [0, 0.05) is 5.56 Å². The van der Waals surface area contributed by atoms with Crippen molar-refractivity contribution in [2.24, 2.45) is 0 Å². The summed E-state index contributed by atoms with van der Waals surface area (Å²) < 4.78 is 5.53. The number of hydrogen-bond acceptors (Lipinski definition) is 2. The van der Waals surface area contributed by atoms with Crippen molar-refractivity contribution in [2.75, 3.05) is 6.61 Å². The van der Waals surface area contributed by atoms with E-state index in [9.17, 15) is 4.79 Å². The Morgan fingerprint density at radius 3 is 2.32 bits per heavy atom. The zero-order valence-corrected chi connectivity index (χ0v) is 11.1. The Labute approximate surface area is 113 Å². The number of hydrogen-bond donors (Lipinski definition) is 0. The molecule has 19 heavy (non-hydrogen) atoms. The van der Waals surface area contributed by atoms with Gasteiger partial charge in [0.15, 0.2) is 5.60 Å². The van der Waals surface area contributed by atoms with Crippen molar-refractivity contribution in [3.05, 3.63) is 70.8 Å². The summed E-state index contributed by atoms with van der Waals surface area (Å²) in [4.78, 5) is 12.6. The Hall–Kier alpha value is -1.93. The van der Waals surface area contributed by atoms with E-state index in [0.717, 1.165) is 16.7 Å². The molecule has 1 atom stereocenters. The number of ketones is 1. The van der Waals surface area contributed by atoms with E-state index >= 15 is 0 Å². The monoisotopic (exact) mass is 252 g/mol. The topological polar surface area (TPSA) is 29.6 Å². The van der Waals surface area contributed by atoms with Crippen LogP contribution in [0.3, 0.4) is 0 Å². The third-order valence-electron chi connectivity index (χ3n) is 3.60. The zero-order valence-electron chi connectivity index (χ0n) is 11.1. The number of aryl methyl sites for hydroxylation is 2. The SMILES string of the molecule is Cc1ccc(C2(C(=O)c3cccc(C)c3)CO2)cc1. The lowest BCUT2D eigenvalue weighted by atomic mass is 9.90. The second kappa shape index (κ2) is 4.32. The number of rotatable bonds is 3. The first-order valence-corrected chi connectivity index (χ1v) is 6.44. The van der Waals surface area contributed by atoms with E-state index in [1.807, 2.05) is 62.4 Å². The Morgan fingerprint density at radius 2 is 1.74 bits per heavy atom. The van der Waals surface area contributed by atoms with Crippen LogP contribution in [-0.4, -0.2) is 12.4 Å². The molecule has 0 spiro atoms. The Kier molecular flexibility index (Phi) is 2.76. The van der Waals surface area contributed by atoms with Gasteiger partial charge in [0.25, 0.3) is 0 Å². The molecule has 2 aromatic carbocycles. The van der Waals surface area contributed by atoms with Gasteiger partial charge in [0.2, 0.25) is 5.78 Å². The van der Waals surface area contributed by atoms with Crippen molar-refractivity contribution in [1.82, 2.24) is 0 Å². The minimum absolute atomic E-state index is 0.0556. The van der Waals surface area contributed by atoms with E-state index in [2.05, 4.69) is 0 Å². The average Bonchev–Trinajstić information content (AvgIpc) is 3.20. The summed E-state index contributed by atoms with van der Waals surface area (Å²) in [5.41, 5.74) is 3.19. The van der Waals surface area contributed by atoms with E-state index < -0.39 is 5.60 Å². The number of epoxide rings is 1. The summed E-state index contributed by atoms with van der Waals surface area (Å²) in [7, 11) is 0. The van der Waals surface area contributed by atoms with E-state index in [-0.39, 0.29) is 5.78 Å². The molecule has 1 unspecified atom stereocenters. The summed E-state index contributed by atoms with van der Waals surface area (Å²) in [6.07, 6.45) is 0. The lowest BCUT2D eigenvalue weighted by Crippen LogP contribution is -2.22. The molecule has 1 heterocycles. The predicted molar refractivity (Wildman–Crippen MR) is 74.3 cm³/mol. The molecule has 0 saturated carbocycles. The van der Waals surface area contributed by atoms with Crippen LogP contribution in [0.5, 0.6) is 0 Å². The first kappa shape index (κ1) is 12.1. The van der Waals surface area contributed by atoms with Crippen LogP contribution in [0.25, 0.3) is 0 Å². The van der Waals surface area contributed by atoms with Crippen LogP contribution in [0.15, 0.2) is 48.5 Å². The van der Waals surface area contributed by atoms with Gasteiger partial charge in [-0.15, -0.1) is 0 Å². The molecule has 0 radical (unpaired) electrons. The van der Waals surface area contributed by atoms with E-state index in [0.29, 0.717) is 6.61 Å². The second-order valence-electron chi connectivity index (χ2n) is 5.18. The van der Waals surface area contributed by atoms with Gasteiger partial charge in [0.05, 0.1) is 6.61 Å². The third kappa shape index (κ3) is 2.08. The molecular weight excluding hydrogens is 236 g/mol. The van der Waals surface area contributed by atoms with Gasteiger partial charge in [-0.2, -0.15) is 0 Å². The van der Waals surface area contributed by atoms with E-state index in [1.165, 1.54) is 5.56 Å². The van der Waals surface area contributed by atoms with Gasteiger partial charge in [-0.25, -0.2) is 0 Å². The highest BCUT2D eigenvalue weighted by molar-refractivity contribution is 6.04. The van der Waals surface area contributed by atoms with Crippen molar-refractivity contribution in [2.45, 2.75) is 19.4 Å². The molecule has 2 nitrogen and oxygen atoms in total. The van der Waals surface area contributed by atoms with Gasteiger partial charge >= 0.3 is 0 Å². The molecule has 1 aliphatic heterocycles. The first-order valence-electron chi connectivity index (χ1n) is 6.44. The fraction of sp³-hybridized carbons (Fsp3) is 0.235. The maximum absolute atomic E-state index is 12.6. The van der Waals surface area contributed by atoms with Crippen LogP contribution >= 0.6 is 0 Å². The van der Waals surface area contributed by atoms with Gasteiger partial charge in [-0.3, -0.25) is 4.79 Å². The minimum Gasteiger partial charge on any atom is -0.356 e. The second-order valence-corrected chi connectivity index (χ2v) is 5.18. The highest BCUT2D eigenvalue weighted by Gasteiger charge is 2.53. The Bertz CT molecular complexity index is 622. The van der Waals surface area contributed by atoms with Crippen molar-refractivity contribution >= 4 is 5.78 Å². The number of carbonyl (C=O) groups excluding carboxylic acids is 1. The van der Waals surface area contributed by atoms with Gasteiger partial charge < -0.3 is 4.74 Å². The molecular formula is C17H16O2. The minimum atomic E-state index is -0.749.